The summed E-state index contributed by atoms with van der Waals surface area (Å²) in [4.78, 5) is 32.6. The van der Waals surface area contributed by atoms with Crippen molar-refractivity contribution < 1.29 is 22.8 Å². The third kappa shape index (κ3) is 8.51. The molecule has 0 aliphatic carbocycles. The molecule has 1 atom stereocenters. The molecule has 0 bridgehead atoms. The lowest BCUT2D eigenvalue weighted by molar-refractivity contribution is -0.119. The monoisotopic (exact) mass is 555 g/mol. The second-order valence-electron chi connectivity index (χ2n) is 9.33. The molecule has 3 aromatic rings. The van der Waals surface area contributed by atoms with E-state index in [2.05, 4.69) is 41.1 Å². The van der Waals surface area contributed by atoms with Crippen LogP contribution in [0.2, 0.25) is 0 Å². The van der Waals surface area contributed by atoms with Crippen LogP contribution >= 0.6 is 0 Å². The molecule has 1 aliphatic rings. The van der Waals surface area contributed by atoms with E-state index in [0.717, 1.165) is 12.6 Å². The molecule has 11 nitrogen and oxygen atoms in total. The Kier molecular flexibility index (Phi) is 9.30. The summed E-state index contributed by atoms with van der Waals surface area (Å²) < 4.78 is 42.8. The topological polar surface area (TPSA) is 139 Å². The van der Waals surface area contributed by atoms with E-state index in [-0.39, 0.29) is 48.8 Å². The highest BCUT2D eigenvalue weighted by molar-refractivity contribution is 6.02. The first-order chi connectivity index (χ1) is 19.2. The van der Waals surface area contributed by atoms with Gasteiger partial charge in [-0.3, -0.25) is 19.6 Å². The number of hydrogen-bond donors (Lipinski definition) is 2. The zero-order valence-corrected chi connectivity index (χ0v) is 21.7. The van der Waals surface area contributed by atoms with Crippen molar-refractivity contribution >= 4 is 23.4 Å². The van der Waals surface area contributed by atoms with Crippen molar-refractivity contribution in [3.63, 3.8) is 0 Å². The average molecular weight is 556 g/mol. The van der Waals surface area contributed by atoms with E-state index in [1.165, 1.54) is 29.2 Å². The standard InChI is InChI=1S/C26H28F3N9O2/c1-26(28,29)17-9-11-31-21(12-17)14-32-25(40)22-16-38(37-35-22)15-18(27)5-6-19-7-8-23(36-34-19)33-24(39)13-20-4-2-3-10-30-20/h2-4,9-12,16,18H,5-8,13-15H2,1H3,(H,32,40)(H,33,36,39). The van der Waals surface area contributed by atoms with Crippen molar-refractivity contribution in [3.8, 4) is 0 Å². The van der Waals surface area contributed by atoms with Crippen LogP contribution in [-0.2, 0) is 30.2 Å². The van der Waals surface area contributed by atoms with Crippen molar-refractivity contribution in [2.45, 2.75) is 64.2 Å². The molecule has 0 aromatic carbocycles. The predicted octanol–water partition coefficient (Wildman–Crippen LogP) is 3.14. The number of hydrogen-bond acceptors (Lipinski definition) is 8. The Morgan fingerprint density at radius 1 is 1.10 bits per heavy atom. The van der Waals surface area contributed by atoms with Gasteiger partial charge < -0.3 is 10.6 Å². The van der Waals surface area contributed by atoms with E-state index in [0.29, 0.717) is 30.8 Å². The van der Waals surface area contributed by atoms with E-state index >= 15 is 0 Å². The first-order valence-corrected chi connectivity index (χ1v) is 12.6. The molecule has 0 fully saturated rings. The molecule has 1 unspecified atom stereocenters. The molecule has 0 saturated carbocycles. The van der Waals surface area contributed by atoms with Crippen LogP contribution < -0.4 is 10.6 Å². The number of nitrogens with zero attached hydrogens (tertiary/aromatic N) is 7. The summed E-state index contributed by atoms with van der Waals surface area (Å²) >= 11 is 0. The Morgan fingerprint density at radius 2 is 1.93 bits per heavy atom. The fourth-order valence-electron chi connectivity index (χ4n) is 3.85. The van der Waals surface area contributed by atoms with Crippen molar-refractivity contribution in [2.24, 2.45) is 10.2 Å². The maximum atomic E-state index is 14.6. The molecular weight excluding hydrogens is 527 g/mol. The molecule has 3 aromatic heterocycles. The number of aromatic nitrogens is 5. The van der Waals surface area contributed by atoms with Gasteiger partial charge in [0.25, 0.3) is 11.8 Å². The predicted molar refractivity (Wildman–Crippen MR) is 139 cm³/mol. The number of nitrogens with one attached hydrogen (secondary N) is 2. The van der Waals surface area contributed by atoms with E-state index in [4.69, 9.17) is 0 Å². The van der Waals surface area contributed by atoms with Crippen LogP contribution in [0.1, 0.15) is 60.0 Å². The lowest BCUT2D eigenvalue weighted by atomic mass is 10.1. The van der Waals surface area contributed by atoms with Gasteiger partial charge in [0.2, 0.25) is 5.91 Å². The van der Waals surface area contributed by atoms with Gasteiger partial charge >= 0.3 is 0 Å². The number of pyridine rings is 2. The van der Waals surface area contributed by atoms with E-state index in [9.17, 15) is 22.8 Å². The van der Waals surface area contributed by atoms with Crippen LogP contribution in [0.4, 0.5) is 13.2 Å². The molecule has 2 N–H and O–H groups in total. The molecule has 0 saturated heterocycles. The van der Waals surface area contributed by atoms with Crippen LogP contribution in [-0.4, -0.2) is 54.5 Å². The van der Waals surface area contributed by atoms with E-state index < -0.39 is 18.0 Å². The largest absolute Gasteiger partial charge is 0.345 e. The fraction of sp³-hybridized carbons (Fsp3) is 0.385. The minimum Gasteiger partial charge on any atom is -0.345 e. The van der Waals surface area contributed by atoms with Gasteiger partial charge in [-0.1, -0.05) is 11.3 Å². The number of amidine groups is 1. The first-order valence-electron chi connectivity index (χ1n) is 12.6. The lowest BCUT2D eigenvalue weighted by Crippen LogP contribution is -2.33. The maximum absolute atomic E-state index is 14.6. The van der Waals surface area contributed by atoms with Crippen molar-refractivity contribution in [3.05, 3.63) is 71.6 Å². The number of halogens is 3. The highest BCUT2D eigenvalue weighted by atomic mass is 19.3. The Labute approximate surface area is 228 Å². The molecule has 14 heteroatoms. The lowest BCUT2D eigenvalue weighted by Gasteiger charge is -2.14. The Hall–Kier alpha value is -4.49. The van der Waals surface area contributed by atoms with Crippen LogP contribution in [0.3, 0.4) is 0 Å². The Bertz CT molecular complexity index is 1390. The molecule has 210 valence electrons. The van der Waals surface area contributed by atoms with Crippen LogP contribution in [0, 0.1) is 0 Å². The smallest absolute Gasteiger partial charge is 0.273 e. The van der Waals surface area contributed by atoms with Crippen LogP contribution in [0.15, 0.2) is 59.1 Å². The number of alkyl halides is 3. The molecular formula is C26H28F3N9O2. The van der Waals surface area contributed by atoms with Gasteiger partial charge in [0.15, 0.2) is 5.69 Å². The summed E-state index contributed by atoms with van der Waals surface area (Å²) in [5.74, 6) is -3.38. The highest BCUT2D eigenvalue weighted by Crippen LogP contribution is 2.26. The zero-order chi connectivity index (χ0) is 28.5. The van der Waals surface area contributed by atoms with E-state index in [1.54, 1.807) is 18.3 Å². The molecule has 4 rings (SSSR count). The highest BCUT2D eigenvalue weighted by Gasteiger charge is 2.24. The summed E-state index contributed by atoms with van der Waals surface area (Å²) in [6, 6.07) is 7.77. The molecule has 1 aliphatic heterocycles. The average Bonchev–Trinajstić information content (AvgIpc) is 3.40. The third-order valence-electron chi connectivity index (χ3n) is 5.97. The Balaban J connectivity index is 1.19. The fourth-order valence-corrected chi connectivity index (χ4v) is 3.85. The minimum absolute atomic E-state index is 0.0345. The van der Waals surface area contributed by atoms with Crippen molar-refractivity contribution in [1.82, 2.24) is 35.6 Å². The van der Waals surface area contributed by atoms with Gasteiger partial charge in [-0.25, -0.2) is 17.9 Å². The van der Waals surface area contributed by atoms with Gasteiger partial charge in [-0.05, 0) is 43.5 Å². The molecule has 4 heterocycles. The second kappa shape index (κ2) is 13.0. The molecule has 2 amide bonds. The normalized spacial score (nSPS) is 14.2. The van der Waals surface area contributed by atoms with Crippen molar-refractivity contribution in [1.29, 1.82) is 0 Å². The summed E-state index contributed by atoms with van der Waals surface area (Å²) in [6.07, 6.45) is 4.64. The minimum atomic E-state index is -3.02. The third-order valence-corrected chi connectivity index (χ3v) is 5.97. The first kappa shape index (κ1) is 28.5. The molecule has 40 heavy (non-hydrogen) atoms. The quantitative estimate of drug-likeness (QED) is 0.373. The second-order valence-corrected chi connectivity index (χ2v) is 9.33. The van der Waals surface area contributed by atoms with Crippen molar-refractivity contribution in [2.75, 3.05) is 0 Å². The van der Waals surface area contributed by atoms with Gasteiger partial charge in [-0.15, -0.1) is 10.2 Å². The maximum Gasteiger partial charge on any atom is 0.273 e. The summed E-state index contributed by atoms with van der Waals surface area (Å²) in [7, 11) is 0. The van der Waals surface area contributed by atoms with E-state index in [1.807, 2.05) is 6.07 Å². The van der Waals surface area contributed by atoms with Gasteiger partial charge in [0.1, 0.15) is 12.0 Å². The Morgan fingerprint density at radius 3 is 2.65 bits per heavy atom. The number of amides is 2. The van der Waals surface area contributed by atoms with Crippen LogP contribution in [0.25, 0.3) is 0 Å². The molecule has 0 radical (unpaired) electrons. The van der Waals surface area contributed by atoms with Gasteiger partial charge in [0.05, 0.1) is 31.4 Å². The number of rotatable bonds is 11. The summed E-state index contributed by atoms with van der Waals surface area (Å²) in [5.41, 5.74) is 1.40. The summed E-state index contributed by atoms with van der Waals surface area (Å²) in [6.45, 7) is 0.587. The zero-order valence-electron chi connectivity index (χ0n) is 21.7. The SMILES string of the molecule is CC(F)(F)c1ccnc(CNC(=O)c2cn(CC(F)CCC3=NN=C(NC(=O)Cc4ccccn4)CC3)nn2)c1. The van der Waals surface area contributed by atoms with Crippen LogP contribution in [0.5, 0.6) is 0 Å². The van der Waals surface area contributed by atoms with Gasteiger partial charge in [-0.2, -0.15) is 5.10 Å². The number of carbonyl (C=O) groups excluding carboxylic acids is 2. The van der Waals surface area contributed by atoms with Gasteiger partial charge in [0, 0.05) is 42.7 Å². The molecule has 0 spiro atoms. The number of carbonyl (C=O) groups is 2. The summed E-state index contributed by atoms with van der Waals surface area (Å²) in [5, 5.41) is 21.0.